The zero-order valence-electron chi connectivity index (χ0n) is 31.3. The van der Waals surface area contributed by atoms with E-state index in [-0.39, 0.29) is 24.5 Å². The molecule has 1 amide bonds. The maximum Gasteiger partial charge on any atom is 0.240 e. The standard InChI is InChI=1S/C45H49Cl2N3O3/c1-29-24-41(46)44(42(47)25-29)53-23-22-52-39-19-15-34(16-20-39)40(26-37-14-6-7-21-48-37)43(49-27-35-12-8-10-30(2)32(35)4)45(51)50(38-17-18-38)28-36-13-9-11-31(3)33(36)5/h6-16,19-21,24-25,38,40,43,49H,17-18,22-23,26-28H2,1-5H3. The molecule has 1 saturated carbocycles. The fourth-order valence-electron chi connectivity index (χ4n) is 6.85. The fourth-order valence-corrected chi connectivity index (χ4v) is 7.56. The maximum absolute atomic E-state index is 15.1. The first-order valence-electron chi connectivity index (χ1n) is 18.4. The molecule has 1 fully saturated rings. The van der Waals surface area contributed by atoms with Crippen LogP contribution in [0.3, 0.4) is 0 Å². The molecule has 0 saturated heterocycles. The Bertz CT molecular complexity index is 1990. The molecule has 0 radical (unpaired) electrons. The van der Waals surface area contributed by atoms with Crippen molar-refractivity contribution in [2.45, 2.75) is 85.0 Å². The monoisotopic (exact) mass is 749 g/mol. The minimum Gasteiger partial charge on any atom is -0.490 e. The van der Waals surface area contributed by atoms with Gasteiger partial charge in [0, 0.05) is 36.9 Å². The summed E-state index contributed by atoms with van der Waals surface area (Å²) in [5.41, 5.74) is 10.3. The molecule has 1 heterocycles. The zero-order valence-corrected chi connectivity index (χ0v) is 32.8. The van der Waals surface area contributed by atoms with Crippen LogP contribution in [-0.2, 0) is 24.3 Å². The van der Waals surface area contributed by atoms with Crippen LogP contribution in [0.4, 0.5) is 0 Å². The molecule has 4 aromatic carbocycles. The van der Waals surface area contributed by atoms with Gasteiger partial charge in [-0.25, -0.2) is 0 Å². The van der Waals surface area contributed by atoms with E-state index in [4.69, 9.17) is 37.7 Å². The number of rotatable bonds is 16. The second-order valence-corrected chi connectivity index (χ2v) is 15.0. The van der Waals surface area contributed by atoms with Crippen LogP contribution in [0.5, 0.6) is 11.5 Å². The largest absolute Gasteiger partial charge is 0.490 e. The van der Waals surface area contributed by atoms with Crippen LogP contribution in [0.25, 0.3) is 0 Å². The third kappa shape index (κ3) is 9.80. The third-order valence-electron chi connectivity index (χ3n) is 10.4. The predicted molar refractivity (Wildman–Crippen MR) is 215 cm³/mol. The SMILES string of the molecule is Cc1cc(Cl)c(OCCOc2ccc(C(Cc3ccccn3)C(NCc3cccc(C)c3C)C(=O)N(Cc3cccc(C)c3C)C3CC3)cc2)c(Cl)c1. The molecule has 53 heavy (non-hydrogen) atoms. The minimum atomic E-state index is -0.508. The van der Waals surface area contributed by atoms with E-state index in [2.05, 4.69) is 86.4 Å². The first kappa shape index (κ1) is 38.4. The first-order valence-corrected chi connectivity index (χ1v) is 19.2. The summed E-state index contributed by atoms with van der Waals surface area (Å²) in [6.45, 7) is 12.3. The van der Waals surface area contributed by atoms with Gasteiger partial charge in [0.15, 0.2) is 5.75 Å². The van der Waals surface area contributed by atoms with Gasteiger partial charge in [-0.1, -0.05) is 77.8 Å². The van der Waals surface area contributed by atoms with Crippen LogP contribution in [-0.4, -0.2) is 41.1 Å². The van der Waals surface area contributed by atoms with Gasteiger partial charge in [0.1, 0.15) is 19.0 Å². The summed E-state index contributed by atoms with van der Waals surface area (Å²) >= 11 is 12.7. The zero-order chi connectivity index (χ0) is 37.5. The lowest BCUT2D eigenvalue weighted by molar-refractivity contribution is -0.135. The van der Waals surface area contributed by atoms with Crippen LogP contribution >= 0.6 is 23.2 Å². The number of amides is 1. The molecule has 1 aliphatic carbocycles. The minimum absolute atomic E-state index is 0.116. The van der Waals surface area contributed by atoms with Crippen molar-refractivity contribution in [1.82, 2.24) is 15.2 Å². The average Bonchev–Trinajstić information content (AvgIpc) is 3.99. The number of pyridine rings is 1. The van der Waals surface area contributed by atoms with Gasteiger partial charge in [-0.05, 0) is 135 Å². The number of nitrogens with one attached hydrogen (secondary N) is 1. The highest BCUT2D eigenvalue weighted by Crippen LogP contribution is 2.35. The number of hydrogen-bond donors (Lipinski definition) is 1. The van der Waals surface area contributed by atoms with Crippen molar-refractivity contribution in [1.29, 1.82) is 0 Å². The van der Waals surface area contributed by atoms with Crippen molar-refractivity contribution in [2.24, 2.45) is 0 Å². The third-order valence-corrected chi connectivity index (χ3v) is 11.0. The Morgan fingerprint density at radius 3 is 2.09 bits per heavy atom. The van der Waals surface area contributed by atoms with E-state index in [1.807, 2.05) is 55.6 Å². The molecular formula is C45H49Cl2N3O3. The Balaban J connectivity index is 1.28. The molecule has 6 rings (SSSR count). The van der Waals surface area contributed by atoms with Crippen LogP contribution in [0.2, 0.25) is 10.0 Å². The van der Waals surface area contributed by atoms with Crippen molar-refractivity contribution in [3.63, 3.8) is 0 Å². The predicted octanol–water partition coefficient (Wildman–Crippen LogP) is 10.1. The maximum atomic E-state index is 15.1. The molecule has 0 bridgehead atoms. The molecular weight excluding hydrogens is 701 g/mol. The summed E-state index contributed by atoms with van der Waals surface area (Å²) in [6.07, 6.45) is 4.44. The van der Waals surface area contributed by atoms with Gasteiger partial charge in [0.25, 0.3) is 0 Å². The number of aryl methyl sites for hydroxylation is 3. The summed E-state index contributed by atoms with van der Waals surface area (Å²) in [5, 5.41) is 4.74. The van der Waals surface area contributed by atoms with Crippen LogP contribution < -0.4 is 14.8 Å². The number of ether oxygens (including phenoxy) is 2. The number of benzene rings is 4. The molecule has 276 valence electrons. The van der Waals surface area contributed by atoms with E-state index in [9.17, 15) is 0 Å². The lowest BCUT2D eigenvalue weighted by Gasteiger charge is -2.34. The molecule has 5 aromatic rings. The van der Waals surface area contributed by atoms with E-state index in [1.54, 1.807) is 0 Å². The van der Waals surface area contributed by atoms with E-state index < -0.39 is 6.04 Å². The van der Waals surface area contributed by atoms with Gasteiger partial charge < -0.3 is 19.7 Å². The second-order valence-electron chi connectivity index (χ2n) is 14.2. The molecule has 2 unspecified atom stereocenters. The van der Waals surface area contributed by atoms with Gasteiger partial charge in [-0.3, -0.25) is 9.78 Å². The number of nitrogens with zero attached hydrogens (tertiary/aromatic N) is 2. The number of carbonyl (C=O) groups excluding carboxylic acids is 1. The molecule has 1 N–H and O–H groups in total. The topological polar surface area (TPSA) is 63.7 Å². The molecule has 1 aromatic heterocycles. The summed E-state index contributed by atoms with van der Waals surface area (Å²) < 4.78 is 11.9. The second kappa shape index (κ2) is 17.6. The molecule has 6 nitrogen and oxygen atoms in total. The number of hydrogen-bond acceptors (Lipinski definition) is 5. The lowest BCUT2D eigenvalue weighted by Crippen LogP contribution is -2.50. The summed E-state index contributed by atoms with van der Waals surface area (Å²) in [4.78, 5) is 21.9. The molecule has 0 aliphatic heterocycles. The highest BCUT2D eigenvalue weighted by Gasteiger charge is 2.39. The van der Waals surface area contributed by atoms with Crippen molar-refractivity contribution < 1.29 is 14.3 Å². The van der Waals surface area contributed by atoms with E-state index in [0.29, 0.717) is 47.7 Å². The van der Waals surface area contributed by atoms with Gasteiger partial charge >= 0.3 is 0 Å². The van der Waals surface area contributed by atoms with Crippen molar-refractivity contribution in [3.8, 4) is 11.5 Å². The smallest absolute Gasteiger partial charge is 0.240 e. The van der Waals surface area contributed by atoms with E-state index in [1.165, 1.54) is 33.4 Å². The number of carbonyl (C=O) groups is 1. The first-order chi connectivity index (χ1) is 25.6. The van der Waals surface area contributed by atoms with Gasteiger partial charge in [0.2, 0.25) is 5.91 Å². The van der Waals surface area contributed by atoms with E-state index in [0.717, 1.165) is 29.7 Å². The Morgan fingerprint density at radius 2 is 1.45 bits per heavy atom. The Kier molecular flexibility index (Phi) is 12.8. The van der Waals surface area contributed by atoms with Gasteiger partial charge in [-0.15, -0.1) is 0 Å². The quantitative estimate of drug-likeness (QED) is 0.102. The van der Waals surface area contributed by atoms with Gasteiger partial charge in [-0.2, -0.15) is 0 Å². The Labute approximate surface area is 324 Å². The van der Waals surface area contributed by atoms with Crippen LogP contribution in [0.1, 0.15) is 69.0 Å². The Morgan fingerprint density at radius 1 is 0.811 bits per heavy atom. The molecule has 2 atom stereocenters. The van der Waals surface area contributed by atoms with Crippen molar-refractivity contribution >= 4 is 29.1 Å². The Hall–Kier alpha value is -4.36. The summed E-state index contributed by atoms with van der Waals surface area (Å²) in [6, 6.07) is 30.2. The lowest BCUT2D eigenvalue weighted by atomic mass is 9.85. The van der Waals surface area contributed by atoms with Crippen LogP contribution in [0.15, 0.2) is 97.2 Å². The normalized spacial score (nSPS) is 13.7. The van der Waals surface area contributed by atoms with Crippen molar-refractivity contribution in [2.75, 3.05) is 13.2 Å². The highest BCUT2D eigenvalue weighted by atomic mass is 35.5. The van der Waals surface area contributed by atoms with Crippen LogP contribution in [0, 0.1) is 34.6 Å². The van der Waals surface area contributed by atoms with Crippen molar-refractivity contribution in [3.05, 3.63) is 157 Å². The van der Waals surface area contributed by atoms with E-state index >= 15 is 4.79 Å². The van der Waals surface area contributed by atoms with Gasteiger partial charge in [0.05, 0.1) is 16.1 Å². The average molecular weight is 751 g/mol. The molecule has 0 spiro atoms. The molecule has 8 heteroatoms. The summed E-state index contributed by atoms with van der Waals surface area (Å²) in [7, 11) is 0. The number of aromatic nitrogens is 1. The fraction of sp³-hybridized carbons (Fsp3) is 0.333. The molecule has 1 aliphatic rings. The highest BCUT2D eigenvalue weighted by molar-refractivity contribution is 6.37. The summed E-state index contributed by atoms with van der Waals surface area (Å²) in [5.74, 6) is 1.07. The number of halogens is 2.